The summed E-state index contributed by atoms with van der Waals surface area (Å²) in [6.07, 6.45) is 2.51. The van der Waals surface area contributed by atoms with E-state index in [1.165, 1.54) is 6.26 Å². The second-order valence-electron chi connectivity index (χ2n) is 3.50. The molecule has 0 fully saturated rings. The summed E-state index contributed by atoms with van der Waals surface area (Å²) in [5.41, 5.74) is 0.816. The molecule has 90 valence electrons. The minimum absolute atomic E-state index is 0.363. The summed E-state index contributed by atoms with van der Waals surface area (Å²) in [7, 11) is 1.57. The molecule has 0 aliphatic carbocycles. The molecule has 2 aromatic rings. The van der Waals surface area contributed by atoms with Crippen molar-refractivity contribution in [3.05, 3.63) is 42.5 Å². The van der Waals surface area contributed by atoms with Crippen molar-refractivity contribution < 1.29 is 14.3 Å². The van der Waals surface area contributed by atoms with E-state index in [4.69, 9.17) is 9.15 Å². The van der Waals surface area contributed by atoms with Gasteiger partial charge in [-0.1, -0.05) is 0 Å². The Balaban J connectivity index is 1.89. The summed E-state index contributed by atoms with van der Waals surface area (Å²) in [4.78, 5) is 4.05. The Morgan fingerprint density at radius 1 is 1.47 bits per heavy atom. The van der Waals surface area contributed by atoms with Crippen molar-refractivity contribution in [2.24, 2.45) is 0 Å². The van der Waals surface area contributed by atoms with E-state index in [1.807, 2.05) is 6.07 Å². The van der Waals surface area contributed by atoms with Crippen LogP contribution < -0.4 is 10.1 Å². The summed E-state index contributed by atoms with van der Waals surface area (Å²) in [6, 6.07) is 7.06. The Morgan fingerprint density at radius 2 is 2.35 bits per heavy atom. The molecular formula is C12H14N2O3. The molecule has 0 saturated heterocycles. The minimum Gasteiger partial charge on any atom is -0.481 e. The third kappa shape index (κ3) is 2.98. The fourth-order valence-corrected chi connectivity index (χ4v) is 1.40. The Hall–Kier alpha value is -2.01. The van der Waals surface area contributed by atoms with Crippen molar-refractivity contribution in [1.82, 2.24) is 4.98 Å². The first kappa shape index (κ1) is 11.5. The van der Waals surface area contributed by atoms with Gasteiger partial charge in [-0.15, -0.1) is 0 Å². The van der Waals surface area contributed by atoms with E-state index < -0.39 is 6.10 Å². The average Bonchev–Trinajstić information content (AvgIpc) is 2.90. The fourth-order valence-electron chi connectivity index (χ4n) is 1.40. The van der Waals surface area contributed by atoms with E-state index in [-0.39, 0.29) is 0 Å². The molecule has 0 bridgehead atoms. The Labute approximate surface area is 99.1 Å². The van der Waals surface area contributed by atoms with Gasteiger partial charge in [0.05, 0.1) is 25.3 Å². The SMILES string of the molecule is COc1ccc(NCC(O)c2ccco2)cn1. The van der Waals surface area contributed by atoms with E-state index in [9.17, 15) is 5.11 Å². The zero-order valence-corrected chi connectivity index (χ0v) is 9.46. The molecule has 2 rings (SSSR count). The molecule has 0 aliphatic heterocycles. The lowest BCUT2D eigenvalue weighted by molar-refractivity contribution is 0.162. The van der Waals surface area contributed by atoms with Crippen LogP contribution in [0.15, 0.2) is 41.1 Å². The molecule has 0 aliphatic rings. The summed E-state index contributed by atoms with van der Waals surface area (Å²) >= 11 is 0. The van der Waals surface area contributed by atoms with Crippen molar-refractivity contribution in [3.8, 4) is 5.88 Å². The highest BCUT2D eigenvalue weighted by atomic mass is 16.5. The third-order valence-electron chi connectivity index (χ3n) is 2.32. The first-order valence-electron chi connectivity index (χ1n) is 5.25. The number of rotatable bonds is 5. The van der Waals surface area contributed by atoms with Gasteiger partial charge in [0.15, 0.2) is 0 Å². The van der Waals surface area contributed by atoms with E-state index in [1.54, 1.807) is 31.5 Å². The predicted octanol–water partition coefficient (Wildman–Crippen LogP) is 1.83. The number of pyridine rings is 1. The molecule has 1 unspecified atom stereocenters. The molecular weight excluding hydrogens is 220 g/mol. The van der Waals surface area contributed by atoms with Crippen LogP contribution in [0.4, 0.5) is 5.69 Å². The number of aliphatic hydroxyl groups is 1. The standard InChI is InChI=1S/C12H14N2O3/c1-16-12-5-4-9(7-14-12)13-8-10(15)11-3-2-6-17-11/h2-7,10,13,15H,8H2,1H3. The van der Waals surface area contributed by atoms with Gasteiger partial charge in [-0.2, -0.15) is 0 Å². The molecule has 0 amide bonds. The Morgan fingerprint density at radius 3 is 2.94 bits per heavy atom. The van der Waals surface area contributed by atoms with Crippen LogP contribution in [0.1, 0.15) is 11.9 Å². The van der Waals surface area contributed by atoms with Crippen LogP contribution in [0.2, 0.25) is 0 Å². The highest BCUT2D eigenvalue weighted by Crippen LogP contribution is 2.15. The molecule has 5 heteroatoms. The lowest BCUT2D eigenvalue weighted by Gasteiger charge is -2.10. The molecule has 2 N–H and O–H groups in total. The highest BCUT2D eigenvalue weighted by molar-refractivity contribution is 5.42. The van der Waals surface area contributed by atoms with Gasteiger partial charge in [0.25, 0.3) is 0 Å². The predicted molar refractivity (Wildman–Crippen MR) is 62.9 cm³/mol. The molecule has 17 heavy (non-hydrogen) atoms. The zero-order chi connectivity index (χ0) is 12.1. The molecule has 5 nitrogen and oxygen atoms in total. The van der Waals surface area contributed by atoms with Crippen LogP contribution in [0.25, 0.3) is 0 Å². The fraction of sp³-hybridized carbons (Fsp3) is 0.250. The van der Waals surface area contributed by atoms with Crippen molar-refractivity contribution in [2.45, 2.75) is 6.10 Å². The van der Waals surface area contributed by atoms with Gasteiger partial charge < -0.3 is 19.6 Å². The van der Waals surface area contributed by atoms with Crippen molar-refractivity contribution in [2.75, 3.05) is 19.0 Å². The number of nitrogens with one attached hydrogen (secondary N) is 1. The number of furan rings is 1. The number of anilines is 1. The number of aliphatic hydroxyl groups excluding tert-OH is 1. The maximum absolute atomic E-state index is 9.77. The van der Waals surface area contributed by atoms with Crippen molar-refractivity contribution in [3.63, 3.8) is 0 Å². The smallest absolute Gasteiger partial charge is 0.213 e. The van der Waals surface area contributed by atoms with Gasteiger partial charge in [0.1, 0.15) is 11.9 Å². The lowest BCUT2D eigenvalue weighted by Crippen LogP contribution is -2.11. The van der Waals surface area contributed by atoms with E-state index in [0.29, 0.717) is 18.2 Å². The van der Waals surface area contributed by atoms with Crippen LogP contribution in [-0.2, 0) is 0 Å². The zero-order valence-electron chi connectivity index (χ0n) is 9.46. The van der Waals surface area contributed by atoms with E-state index in [0.717, 1.165) is 5.69 Å². The quantitative estimate of drug-likeness (QED) is 0.826. The number of nitrogens with zero attached hydrogens (tertiary/aromatic N) is 1. The number of methoxy groups -OCH3 is 1. The first-order chi connectivity index (χ1) is 8.29. The summed E-state index contributed by atoms with van der Waals surface area (Å²) in [5.74, 6) is 1.10. The van der Waals surface area contributed by atoms with Crippen LogP contribution in [0.3, 0.4) is 0 Å². The Kier molecular flexibility index (Phi) is 3.62. The molecule has 2 heterocycles. The second-order valence-corrected chi connectivity index (χ2v) is 3.50. The highest BCUT2D eigenvalue weighted by Gasteiger charge is 2.09. The molecule has 0 radical (unpaired) electrons. The first-order valence-corrected chi connectivity index (χ1v) is 5.25. The maximum Gasteiger partial charge on any atom is 0.213 e. The van der Waals surface area contributed by atoms with Crippen LogP contribution in [0, 0.1) is 0 Å². The third-order valence-corrected chi connectivity index (χ3v) is 2.32. The van der Waals surface area contributed by atoms with Gasteiger partial charge in [-0.3, -0.25) is 0 Å². The minimum atomic E-state index is -0.674. The summed E-state index contributed by atoms with van der Waals surface area (Å²) in [6.45, 7) is 0.363. The van der Waals surface area contributed by atoms with Gasteiger partial charge in [0.2, 0.25) is 5.88 Å². The van der Waals surface area contributed by atoms with Crippen LogP contribution >= 0.6 is 0 Å². The number of hydrogen-bond donors (Lipinski definition) is 2. The number of hydrogen-bond acceptors (Lipinski definition) is 5. The van der Waals surface area contributed by atoms with Crippen molar-refractivity contribution >= 4 is 5.69 Å². The molecule has 0 saturated carbocycles. The monoisotopic (exact) mass is 234 g/mol. The summed E-state index contributed by atoms with van der Waals surface area (Å²) < 4.78 is 10.0. The molecule has 2 aromatic heterocycles. The second kappa shape index (κ2) is 5.36. The summed E-state index contributed by atoms with van der Waals surface area (Å²) in [5, 5.41) is 12.8. The van der Waals surface area contributed by atoms with Gasteiger partial charge in [-0.25, -0.2) is 4.98 Å². The average molecular weight is 234 g/mol. The van der Waals surface area contributed by atoms with Crippen LogP contribution in [0.5, 0.6) is 5.88 Å². The topological polar surface area (TPSA) is 67.5 Å². The number of ether oxygens (including phenoxy) is 1. The molecule has 0 aromatic carbocycles. The molecule has 1 atom stereocenters. The Bertz CT molecular complexity index is 439. The maximum atomic E-state index is 9.77. The van der Waals surface area contributed by atoms with Gasteiger partial charge >= 0.3 is 0 Å². The lowest BCUT2D eigenvalue weighted by atomic mass is 10.2. The molecule has 0 spiro atoms. The van der Waals surface area contributed by atoms with Gasteiger partial charge in [0, 0.05) is 12.6 Å². The van der Waals surface area contributed by atoms with Gasteiger partial charge in [-0.05, 0) is 18.2 Å². The largest absolute Gasteiger partial charge is 0.481 e. The van der Waals surface area contributed by atoms with Crippen molar-refractivity contribution in [1.29, 1.82) is 0 Å². The number of aromatic nitrogens is 1. The van der Waals surface area contributed by atoms with Crippen LogP contribution in [-0.4, -0.2) is 23.7 Å². The van der Waals surface area contributed by atoms with E-state index in [2.05, 4.69) is 10.3 Å². The van der Waals surface area contributed by atoms with E-state index >= 15 is 0 Å². The normalized spacial score (nSPS) is 12.1.